The fourth-order valence-electron chi connectivity index (χ4n) is 2.51. The number of nitrogens with one attached hydrogen (secondary N) is 2. The van der Waals surface area contributed by atoms with E-state index in [4.69, 9.17) is 5.26 Å². The van der Waals surface area contributed by atoms with Gasteiger partial charge < -0.3 is 10.6 Å². The Labute approximate surface area is 155 Å². The molecule has 0 aliphatic carbocycles. The lowest BCUT2D eigenvalue weighted by Gasteiger charge is -2.19. The molecule has 1 atom stereocenters. The summed E-state index contributed by atoms with van der Waals surface area (Å²) in [7, 11) is 0. The molecule has 8 heteroatoms. The first-order valence-electron chi connectivity index (χ1n) is 8.15. The molecule has 3 aromatic rings. The van der Waals surface area contributed by atoms with Gasteiger partial charge >= 0.3 is 11.8 Å². The van der Waals surface area contributed by atoms with E-state index in [1.54, 1.807) is 22.9 Å². The molecular weight excluding hydrogens is 344 g/mol. The third-order valence-electron chi connectivity index (χ3n) is 3.80. The number of nitriles is 1. The Balaban J connectivity index is 1.71. The van der Waals surface area contributed by atoms with Crippen molar-refractivity contribution in [3.05, 3.63) is 78.4 Å². The van der Waals surface area contributed by atoms with Crippen LogP contribution in [0.25, 0.3) is 0 Å². The molecule has 1 heterocycles. The van der Waals surface area contributed by atoms with E-state index in [1.165, 1.54) is 18.7 Å². The smallest absolute Gasteiger partial charge is 0.313 e. The van der Waals surface area contributed by atoms with Crippen LogP contribution in [0.15, 0.2) is 67.3 Å². The predicted octanol–water partition coefficient (Wildman–Crippen LogP) is 1.65. The van der Waals surface area contributed by atoms with Crippen LogP contribution in [-0.2, 0) is 16.1 Å². The number of carbonyl (C=O) groups is 2. The maximum Gasteiger partial charge on any atom is 0.313 e. The summed E-state index contributed by atoms with van der Waals surface area (Å²) in [5.41, 5.74) is 1.60. The topological polar surface area (TPSA) is 113 Å². The molecule has 1 aromatic heterocycles. The molecular formula is C19H16N6O2. The Bertz CT molecular complexity index is 963. The highest BCUT2D eigenvalue weighted by atomic mass is 16.2. The summed E-state index contributed by atoms with van der Waals surface area (Å²) >= 11 is 0. The average molecular weight is 360 g/mol. The van der Waals surface area contributed by atoms with Crippen molar-refractivity contribution in [3.63, 3.8) is 0 Å². The van der Waals surface area contributed by atoms with E-state index in [0.29, 0.717) is 17.8 Å². The minimum atomic E-state index is -0.815. The van der Waals surface area contributed by atoms with Crippen LogP contribution in [0.2, 0.25) is 0 Å². The quantitative estimate of drug-likeness (QED) is 0.672. The van der Waals surface area contributed by atoms with Crippen molar-refractivity contribution < 1.29 is 9.59 Å². The number of aromatic nitrogens is 3. The van der Waals surface area contributed by atoms with E-state index in [9.17, 15) is 9.59 Å². The van der Waals surface area contributed by atoms with Gasteiger partial charge in [0.2, 0.25) is 0 Å². The Morgan fingerprint density at radius 3 is 2.63 bits per heavy atom. The van der Waals surface area contributed by atoms with Gasteiger partial charge in [0.05, 0.1) is 24.2 Å². The summed E-state index contributed by atoms with van der Waals surface area (Å²) < 4.78 is 1.58. The number of hydrogen-bond acceptors (Lipinski definition) is 5. The van der Waals surface area contributed by atoms with Crippen LogP contribution in [-0.4, -0.2) is 26.6 Å². The van der Waals surface area contributed by atoms with Crippen molar-refractivity contribution in [2.24, 2.45) is 0 Å². The summed E-state index contributed by atoms with van der Waals surface area (Å²) in [6.45, 7) is 0.326. The molecule has 27 heavy (non-hydrogen) atoms. The molecule has 0 aliphatic heterocycles. The second-order valence-electron chi connectivity index (χ2n) is 5.70. The van der Waals surface area contributed by atoms with Crippen LogP contribution in [0.4, 0.5) is 5.69 Å². The van der Waals surface area contributed by atoms with E-state index < -0.39 is 17.9 Å². The number of nitrogens with zero attached hydrogens (tertiary/aromatic N) is 4. The SMILES string of the molecule is N#Cc1cccc(NC(=O)C(=O)N[C@@H](Cn2cncn2)c2ccccc2)c1. The van der Waals surface area contributed by atoms with Crippen molar-refractivity contribution in [2.75, 3.05) is 5.32 Å². The number of anilines is 1. The lowest BCUT2D eigenvalue weighted by Crippen LogP contribution is -2.39. The van der Waals surface area contributed by atoms with Gasteiger partial charge in [0.15, 0.2) is 0 Å². The van der Waals surface area contributed by atoms with E-state index in [-0.39, 0.29) is 0 Å². The van der Waals surface area contributed by atoms with Crippen LogP contribution in [0.3, 0.4) is 0 Å². The zero-order chi connectivity index (χ0) is 19.1. The van der Waals surface area contributed by atoms with E-state index >= 15 is 0 Å². The first kappa shape index (κ1) is 17.8. The molecule has 2 N–H and O–H groups in total. The number of amides is 2. The number of hydrogen-bond donors (Lipinski definition) is 2. The molecule has 134 valence electrons. The van der Waals surface area contributed by atoms with Gasteiger partial charge in [-0.25, -0.2) is 4.98 Å². The normalized spacial score (nSPS) is 11.2. The fourth-order valence-corrected chi connectivity index (χ4v) is 2.51. The third kappa shape index (κ3) is 4.76. The second-order valence-corrected chi connectivity index (χ2v) is 5.70. The van der Waals surface area contributed by atoms with Crippen LogP contribution in [0, 0.1) is 11.3 Å². The maximum absolute atomic E-state index is 12.4. The van der Waals surface area contributed by atoms with Crippen LogP contribution in [0.5, 0.6) is 0 Å². The fraction of sp³-hybridized carbons (Fsp3) is 0.105. The Hall–Kier alpha value is -3.99. The van der Waals surface area contributed by atoms with E-state index in [1.807, 2.05) is 36.4 Å². The van der Waals surface area contributed by atoms with Gasteiger partial charge in [-0.15, -0.1) is 0 Å². The van der Waals surface area contributed by atoms with Gasteiger partial charge in [-0.2, -0.15) is 10.4 Å². The highest BCUT2D eigenvalue weighted by molar-refractivity contribution is 6.39. The average Bonchev–Trinajstić information content (AvgIpc) is 3.21. The molecule has 2 aromatic carbocycles. The highest BCUT2D eigenvalue weighted by Crippen LogP contribution is 2.15. The summed E-state index contributed by atoms with van der Waals surface area (Å²) in [5.74, 6) is -1.60. The second kappa shape index (κ2) is 8.40. The van der Waals surface area contributed by atoms with Crippen LogP contribution < -0.4 is 10.6 Å². The Morgan fingerprint density at radius 2 is 1.93 bits per heavy atom. The van der Waals surface area contributed by atoms with Gasteiger partial charge in [0.25, 0.3) is 0 Å². The van der Waals surface area contributed by atoms with Gasteiger partial charge in [-0.05, 0) is 23.8 Å². The van der Waals surface area contributed by atoms with Crippen molar-refractivity contribution in [1.29, 1.82) is 5.26 Å². The minimum absolute atomic E-state index is 0.326. The van der Waals surface area contributed by atoms with Crippen molar-refractivity contribution in [3.8, 4) is 6.07 Å². The lowest BCUT2D eigenvalue weighted by molar-refractivity contribution is -0.136. The number of carbonyl (C=O) groups excluding carboxylic acids is 2. The summed E-state index contributed by atoms with van der Waals surface area (Å²) in [6.07, 6.45) is 2.94. The Kier molecular flexibility index (Phi) is 5.54. The molecule has 0 spiro atoms. The largest absolute Gasteiger partial charge is 0.339 e. The maximum atomic E-state index is 12.4. The van der Waals surface area contributed by atoms with Crippen LogP contribution >= 0.6 is 0 Å². The van der Waals surface area contributed by atoms with Crippen molar-refractivity contribution in [2.45, 2.75) is 12.6 Å². The summed E-state index contributed by atoms with van der Waals surface area (Å²) in [4.78, 5) is 28.5. The van der Waals surface area contributed by atoms with E-state index in [0.717, 1.165) is 5.56 Å². The molecule has 0 bridgehead atoms. The standard InChI is InChI=1S/C19H16N6O2/c20-10-14-5-4-8-16(9-14)23-18(26)19(27)24-17(11-25-13-21-12-22-25)15-6-2-1-3-7-15/h1-9,12-13,17H,11H2,(H,23,26)(H,24,27)/t17-/m0/s1. The predicted molar refractivity (Wildman–Crippen MR) is 97.1 cm³/mol. The van der Waals surface area contributed by atoms with Gasteiger partial charge in [-0.3, -0.25) is 14.3 Å². The van der Waals surface area contributed by atoms with Crippen LogP contribution in [0.1, 0.15) is 17.2 Å². The van der Waals surface area contributed by atoms with Gasteiger partial charge in [0.1, 0.15) is 12.7 Å². The molecule has 3 rings (SSSR count). The molecule has 0 saturated carbocycles. The minimum Gasteiger partial charge on any atom is -0.339 e. The van der Waals surface area contributed by atoms with Crippen molar-refractivity contribution in [1.82, 2.24) is 20.1 Å². The molecule has 0 unspecified atom stereocenters. The van der Waals surface area contributed by atoms with Gasteiger partial charge in [0, 0.05) is 5.69 Å². The number of rotatable bonds is 5. The zero-order valence-electron chi connectivity index (χ0n) is 14.2. The number of benzene rings is 2. The third-order valence-corrected chi connectivity index (χ3v) is 3.80. The molecule has 0 aliphatic rings. The molecule has 0 fully saturated rings. The van der Waals surface area contributed by atoms with Gasteiger partial charge in [-0.1, -0.05) is 36.4 Å². The first-order valence-corrected chi connectivity index (χ1v) is 8.15. The summed E-state index contributed by atoms with van der Waals surface area (Å²) in [6, 6.07) is 17.1. The zero-order valence-corrected chi connectivity index (χ0v) is 14.2. The molecule has 8 nitrogen and oxygen atoms in total. The van der Waals surface area contributed by atoms with Crippen molar-refractivity contribution >= 4 is 17.5 Å². The van der Waals surface area contributed by atoms with E-state index in [2.05, 4.69) is 20.7 Å². The summed E-state index contributed by atoms with van der Waals surface area (Å²) in [5, 5.41) is 18.2. The molecule has 0 radical (unpaired) electrons. The first-order chi connectivity index (χ1) is 13.2. The monoisotopic (exact) mass is 360 g/mol. The Morgan fingerprint density at radius 1 is 1.11 bits per heavy atom. The lowest BCUT2D eigenvalue weighted by atomic mass is 10.1. The molecule has 2 amide bonds. The molecule has 0 saturated heterocycles. The highest BCUT2D eigenvalue weighted by Gasteiger charge is 2.21.